The van der Waals surface area contributed by atoms with Crippen LogP contribution in [0, 0.1) is 24.0 Å². The highest BCUT2D eigenvalue weighted by Crippen LogP contribution is 2.27. The van der Waals surface area contributed by atoms with Crippen LogP contribution >= 0.6 is 0 Å². The summed E-state index contributed by atoms with van der Waals surface area (Å²) in [4.78, 5) is 0. The lowest BCUT2D eigenvalue weighted by atomic mass is 9.83. The topological polar surface area (TPSA) is 0 Å². The molecule has 0 aliphatic rings. The average molecular weight is 256 g/mol. The first kappa shape index (κ1) is 16.0. The highest BCUT2D eigenvalue weighted by atomic mass is 14.2. The van der Waals surface area contributed by atoms with Crippen LogP contribution < -0.4 is 0 Å². The molecule has 0 bridgehead atoms. The predicted octanol–water partition coefficient (Wildman–Crippen LogP) is 5.72. The van der Waals surface area contributed by atoms with Gasteiger partial charge in [0.25, 0.3) is 0 Å². The summed E-state index contributed by atoms with van der Waals surface area (Å²) in [6.07, 6.45) is 5.00. The van der Waals surface area contributed by atoms with E-state index >= 15 is 0 Å². The van der Waals surface area contributed by atoms with Crippen molar-refractivity contribution in [3.63, 3.8) is 0 Å². The lowest BCUT2D eigenvalue weighted by Crippen LogP contribution is -2.11. The molecule has 0 aliphatic heterocycles. The van der Waals surface area contributed by atoms with Gasteiger partial charge in [0.1, 0.15) is 0 Å². The molecule has 0 spiro atoms. The highest BCUT2D eigenvalue weighted by Gasteiger charge is 2.14. The monoisotopic (exact) mass is 256 g/mol. The molecule has 0 heteroatoms. The van der Waals surface area contributed by atoms with Gasteiger partial charge in [-0.25, -0.2) is 0 Å². The summed E-state index contributed by atoms with van der Waals surface area (Å²) in [5.41, 5.74) is 3.71. The van der Waals surface area contributed by atoms with E-state index in [1.165, 1.54) is 24.8 Å². The van der Waals surface area contributed by atoms with Crippen LogP contribution in [0.25, 0.3) is 5.57 Å². The van der Waals surface area contributed by atoms with Crippen molar-refractivity contribution in [3.8, 4) is 0 Å². The van der Waals surface area contributed by atoms with Gasteiger partial charge in [-0.05, 0) is 60.3 Å². The van der Waals surface area contributed by atoms with E-state index in [1.807, 2.05) is 13.0 Å². The number of rotatable bonds is 6. The van der Waals surface area contributed by atoms with Crippen molar-refractivity contribution in [2.24, 2.45) is 11.3 Å². The second kappa shape index (κ2) is 6.93. The van der Waals surface area contributed by atoms with Gasteiger partial charge in [-0.2, -0.15) is 0 Å². The zero-order chi connectivity index (χ0) is 14.5. The minimum absolute atomic E-state index is 0.444. The molecule has 1 aromatic carbocycles. The zero-order valence-electron chi connectivity index (χ0n) is 13.2. The molecule has 0 saturated heterocycles. The molecule has 0 fully saturated rings. The first-order valence-electron chi connectivity index (χ1n) is 7.38. The van der Waals surface area contributed by atoms with Crippen LogP contribution in [0.15, 0.2) is 18.2 Å². The van der Waals surface area contributed by atoms with Gasteiger partial charge in [0.05, 0.1) is 0 Å². The molecule has 1 rings (SSSR count). The van der Waals surface area contributed by atoms with Gasteiger partial charge in [-0.1, -0.05) is 58.9 Å². The summed E-state index contributed by atoms with van der Waals surface area (Å²) in [5.74, 6) is 0.803. The Labute approximate surface area is 119 Å². The lowest BCUT2D eigenvalue weighted by molar-refractivity contribution is 0.293. The van der Waals surface area contributed by atoms with E-state index in [9.17, 15) is 0 Å². The fourth-order valence-electron chi connectivity index (χ4n) is 2.70. The van der Waals surface area contributed by atoms with E-state index in [0.717, 1.165) is 23.5 Å². The highest BCUT2D eigenvalue weighted by molar-refractivity contribution is 5.59. The summed E-state index contributed by atoms with van der Waals surface area (Å²) in [5, 5.41) is 0. The van der Waals surface area contributed by atoms with Gasteiger partial charge in [0.2, 0.25) is 0 Å². The zero-order valence-corrected chi connectivity index (χ0v) is 13.2. The molecule has 1 atom stereocenters. The SMILES string of the molecule is [CH]=C(C)c1[c]ccc(CCCC(C)CC(C)(C)C)c1. The van der Waals surface area contributed by atoms with Crippen LogP contribution in [0.1, 0.15) is 65.0 Å². The summed E-state index contributed by atoms with van der Waals surface area (Å²) in [7, 11) is 0. The number of hydrogen-bond acceptors (Lipinski definition) is 0. The van der Waals surface area contributed by atoms with Crippen LogP contribution in [0.5, 0.6) is 0 Å². The number of aryl methyl sites for hydroxylation is 1. The Kier molecular flexibility index (Phi) is 5.85. The summed E-state index contributed by atoms with van der Waals surface area (Å²) in [6.45, 7) is 17.1. The minimum atomic E-state index is 0.444. The van der Waals surface area contributed by atoms with Crippen molar-refractivity contribution < 1.29 is 0 Å². The smallest absolute Gasteiger partial charge is 0.0102 e. The third-order valence-electron chi connectivity index (χ3n) is 3.41. The van der Waals surface area contributed by atoms with Crippen molar-refractivity contribution in [1.82, 2.24) is 0 Å². The molecule has 0 N–H and O–H groups in total. The van der Waals surface area contributed by atoms with Crippen molar-refractivity contribution in [3.05, 3.63) is 42.0 Å². The van der Waals surface area contributed by atoms with Crippen molar-refractivity contribution >= 4 is 5.57 Å². The molecule has 19 heavy (non-hydrogen) atoms. The number of hydrogen-bond donors (Lipinski definition) is 0. The lowest BCUT2D eigenvalue weighted by Gasteiger charge is -2.23. The van der Waals surface area contributed by atoms with Gasteiger partial charge in [0.15, 0.2) is 0 Å². The van der Waals surface area contributed by atoms with Gasteiger partial charge in [0, 0.05) is 0 Å². The molecule has 1 unspecified atom stereocenters. The largest absolute Gasteiger partial charge is 0.0625 e. The van der Waals surface area contributed by atoms with Crippen molar-refractivity contribution in [2.75, 3.05) is 0 Å². The van der Waals surface area contributed by atoms with Gasteiger partial charge >= 0.3 is 0 Å². The third-order valence-corrected chi connectivity index (χ3v) is 3.41. The average Bonchev–Trinajstić information content (AvgIpc) is 2.27. The van der Waals surface area contributed by atoms with E-state index in [2.05, 4.69) is 45.9 Å². The molecular weight excluding hydrogens is 228 g/mol. The minimum Gasteiger partial charge on any atom is -0.0625 e. The molecular formula is C19H28. The molecule has 1 aromatic rings. The predicted molar refractivity (Wildman–Crippen MR) is 84.8 cm³/mol. The van der Waals surface area contributed by atoms with E-state index in [1.54, 1.807) is 0 Å². The Morgan fingerprint density at radius 1 is 1.37 bits per heavy atom. The molecule has 0 nitrogen and oxygen atoms in total. The van der Waals surface area contributed by atoms with E-state index in [0.29, 0.717) is 5.41 Å². The standard InChI is InChI=1S/C19H28/c1-15(2)18-12-8-11-17(13-18)10-7-9-16(3)14-19(4,5)6/h1,8,11,13,16H,7,9-10,14H2,2-6H3. The molecule has 2 radical (unpaired) electrons. The van der Waals surface area contributed by atoms with E-state index < -0.39 is 0 Å². The fourth-order valence-corrected chi connectivity index (χ4v) is 2.70. The van der Waals surface area contributed by atoms with Crippen LogP contribution in [-0.4, -0.2) is 0 Å². The van der Waals surface area contributed by atoms with E-state index in [-0.39, 0.29) is 0 Å². The fraction of sp³-hybridized carbons (Fsp3) is 0.579. The Morgan fingerprint density at radius 3 is 2.63 bits per heavy atom. The normalized spacial score (nSPS) is 13.3. The summed E-state index contributed by atoms with van der Waals surface area (Å²) >= 11 is 0. The second-order valence-electron chi connectivity index (χ2n) is 7.06. The Bertz CT molecular complexity index is 406. The molecule has 104 valence electrons. The van der Waals surface area contributed by atoms with Gasteiger partial charge in [-0.15, -0.1) is 0 Å². The van der Waals surface area contributed by atoms with Crippen molar-refractivity contribution in [1.29, 1.82) is 0 Å². The maximum Gasteiger partial charge on any atom is -0.0102 e. The molecule has 0 saturated carbocycles. The summed E-state index contributed by atoms with van der Waals surface area (Å²) < 4.78 is 0. The van der Waals surface area contributed by atoms with Crippen LogP contribution in [-0.2, 0) is 6.42 Å². The molecule has 0 amide bonds. The van der Waals surface area contributed by atoms with Crippen LogP contribution in [0.4, 0.5) is 0 Å². The first-order valence-corrected chi connectivity index (χ1v) is 7.38. The summed E-state index contributed by atoms with van der Waals surface area (Å²) in [6, 6.07) is 9.49. The van der Waals surface area contributed by atoms with Crippen molar-refractivity contribution in [2.45, 2.75) is 60.3 Å². The Balaban J connectivity index is 2.41. The Hall–Kier alpha value is -1.04. The van der Waals surface area contributed by atoms with Crippen LogP contribution in [0.3, 0.4) is 0 Å². The quantitative estimate of drug-likeness (QED) is 0.611. The van der Waals surface area contributed by atoms with E-state index in [4.69, 9.17) is 6.58 Å². The van der Waals surface area contributed by atoms with Gasteiger partial charge in [-0.3, -0.25) is 0 Å². The number of benzene rings is 1. The maximum atomic E-state index is 5.81. The molecule has 0 aliphatic carbocycles. The van der Waals surface area contributed by atoms with Crippen LogP contribution in [0.2, 0.25) is 0 Å². The maximum absolute atomic E-state index is 5.81. The Morgan fingerprint density at radius 2 is 2.05 bits per heavy atom. The number of allylic oxidation sites excluding steroid dienone is 1. The van der Waals surface area contributed by atoms with Gasteiger partial charge < -0.3 is 0 Å². The molecule has 0 aromatic heterocycles. The second-order valence-corrected chi connectivity index (χ2v) is 7.06. The first-order chi connectivity index (χ1) is 8.78. The third kappa shape index (κ3) is 6.61. The molecule has 0 heterocycles.